The maximum absolute atomic E-state index is 14.2. The Balaban J connectivity index is 1.53. The van der Waals surface area contributed by atoms with Crippen LogP contribution < -0.4 is 10.7 Å². The Labute approximate surface area is 196 Å². The Morgan fingerprint density at radius 1 is 1.35 bits per heavy atom. The molecule has 180 valence electrons. The Morgan fingerprint density at radius 3 is 2.88 bits per heavy atom. The number of amides is 2. The Bertz CT molecular complexity index is 1280. The quantitative estimate of drug-likeness (QED) is 0.630. The predicted molar refractivity (Wildman–Crippen MR) is 114 cm³/mol. The minimum absolute atomic E-state index is 0.0930. The van der Waals surface area contributed by atoms with Gasteiger partial charge in [-0.25, -0.2) is 8.78 Å². The fourth-order valence-electron chi connectivity index (χ4n) is 4.94. The molecule has 1 aromatic carbocycles. The molecule has 2 N–H and O–H groups in total. The van der Waals surface area contributed by atoms with E-state index in [0.717, 1.165) is 12.1 Å². The average molecular weight is 496 g/mol. The van der Waals surface area contributed by atoms with E-state index in [9.17, 15) is 28.3 Å². The molecule has 1 spiro atoms. The van der Waals surface area contributed by atoms with Crippen molar-refractivity contribution in [1.82, 2.24) is 14.8 Å². The molecule has 3 aliphatic rings. The SMILES string of the molecule is C[C@@H]1CO[C@@]23COCC[C@@H]2n2cc(C(=O)NCc4ccc(F)c(Cl)c4F)c(=O)c(O)c2C(=O)N13. The molecule has 0 radical (unpaired) electrons. The zero-order valence-electron chi connectivity index (χ0n) is 17.9. The molecule has 0 bridgehead atoms. The van der Waals surface area contributed by atoms with E-state index in [4.69, 9.17) is 21.1 Å². The van der Waals surface area contributed by atoms with Gasteiger partial charge in [-0.15, -0.1) is 0 Å². The Morgan fingerprint density at radius 2 is 2.12 bits per heavy atom. The van der Waals surface area contributed by atoms with Crippen molar-refractivity contribution in [2.24, 2.45) is 0 Å². The lowest BCUT2D eigenvalue weighted by Crippen LogP contribution is -2.64. The van der Waals surface area contributed by atoms with Gasteiger partial charge in [-0.1, -0.05) is 17.7 Å². The van der Waals surface area contributed by atoms with Gasteiger partial charge in [0.15, 0.2) is 17.2 Å². The van der Waals surface area contributed by atoms with Crippen LogP contribution in [0.3, 0.4) is 0 Å². The molecule has 12 heteroatoms. The van der Waals surface area contributed by atoms with Gasteiger partial charge in [-0.2, -0.15) is 0 Å². The normalized spacial score (nSPS) is 25.5. The van der Waals surface area contributed by atoms with Gasteiger partial charge in [0.2, 0.25) is 5.43 Å². The van der Waals surface area contributed by atoms with Gasteiger partial charge in [0, 0.05) is 24.9 Å². The number of nitrogens with one attached hydrogen (secondary N) is 1. The summed E-state index contributed by atoms with van der Waals surface area (Å²) in [6.45, 7) is 2.12. The van der Waals surface area contributed by atoms with Crippen molar-refractivity contribution in [3.05, 3.63) is 62.0 Å². The van der Waals surface area contributed by atoms with Gasteiger partial charge in [0.05, 0.1) is 25.3 Å². The predicted octanol–water partition coefficient (Wildman–Crippen LogP) is 1.95. The summed E-state index contributed by atoms with van der Waals surface area (Å²) in [5, 5.41) is 12.3. The highest BCUT2D eigenvalue weighted by molar-refractivity contribution is 6.30. The number of nitrogens with zero attached hydrogens (tertiary/aromatic N) is 2. The number of aromatic nitrogens is 1. The first kappa shape index (κ1) is 22.8. The number of fused-ring (bicyclic) bond motifs is 2. The standard InChI is InChI=1S/C22H20ClF2N3O6/c1-10-8-34-22-9-33-5-4-14(22)27-7-12(18(29)19(30)17(27)21(32)28(10)22)20(31)26-6-11-2-3-13(24)15(23)16(11)25/h2-3,7,10,14,30H,4-6,8-9H2,1H3,(H,26,31)/t10-,14+,22+/m1/s1. The summed E-state index contributed by atoms with van der Waals surface area (Å²) in [6.07, 6.45) is 1.62. The second kappa shape index (κ2) is 8.03. The van der Waals surface area contributed by atoms with Gasteiger partial charge in [-0.3, -0.25) is 19.3 Å². The number of carbonyl (C=O) groups is 2. The monoisotopic (exact) mass is 495 g/mol. The van der Waals surface area contributed by atoms with Crippen LogP contribution in [0.1, 0.15) is 45.8 Å². The minimum Gasteiger partial charge on any atom is -0.503 e. The van der Waals surface area contributed by atoms with E-state index in [1.54, 1.807) is 6.92 Å². The second-order valence-electron chi connectivity index (χ2n) is 8.53. The first-order valence-corrected chi connectivity index (χ1v) is 11.0. The van der Waals surface area contributed by atoms with Crippen molar-refractivity contribution in [3.8, 4) is 5.75 Å². The molecule has 2 fully saturated rings. The van der Waals surface area contributed by atoms with Crippen molar-refractivity contribution in [2.75, 3.05) is 19.8 Å². The molecule has 5 rings (SSSR count). The molecule has 34 heavy (non-hydrogen) atoms. The van der Waals surface area contributed by atoms with Gasteiger partial charge in [0.1, 0.15) is 22.2 Å². The molecule has 0 saturated carbocycles. The topological polar surface area (TPSA) is 110 Å². The summed E-state index contributed by atoms with van der Waals surface area (Å²) in [5.74, 6) is -4.34. The van der Waals surface area contributed by atoms with E-state index in [0.29, 0.717) is 13.0 Å². The van der Waals surface area contributed by atoms with Crippen molar-refractivity contribution < 1.29 is 33.0 Å². The van der Waals surface area contributed by atoms with Gasteiger partial charge in [0.25, 0.3) is 11.8 Å². The lowest BCUT2D eigenvalue weighted by molar-refractivity contribution is -0.185. The van der Waals surface area contributed by atoms with E-state index < -0.39 is 57.0 Å². The fraction of sp³-hybridized carbons (Fsp3) is 0.409. The number of hydrogen-bond donors (Lipinski definition) is 2. The van der Waals surface area contributed by atoms with E-state index in [-0.39, 0.29) is 37.1 Å². The largest absolute Gasteiger partial charge is 0.503 e. The third-order valence-corrected chi connectivity index (χ3v) is 6.90. The van der Waals surface area contributed by atoms with E-state index in [1.807, 2.05) is 0 Å². The van der Waals surface area contributed by atoms with Crippen LogP contribution in [0.15, 0.2) is 23.1 Å². The van der Waals surface area contributed by atoms with Crippen LogP contribution >= 0.6 is 11.6 Å². The van der Waals surface area contributed by atoms with Crippen LogP contribution in [-0.2, 0) is 16.0 Å². The number of hydrogen-bond acceptors (Lipinski definition) is 6. The summed E-state index contributed by atoms with van der Waals surface area (Å²) < 4.78 is 40.6. The second-order valence-corrected chi connectivity index (χ2v) is 8.91. The van der Waals surface area contributed by atoms with Crippen molar-refractivity contribution >= 4 is 23.4 Å². The van der Waals surface area contributed by atoms with Crippen LogP contribution in [0, 0.1) is 11.6 Å². The lowest BCUT2D eigenvalue weighted by atomic mass is 9.92. The number of aromatic hydroxyl groups is 1. The number of pyridine rings is 1. The van der Waals surface area contributed by atoms with Crippen LogP contribution in [0.2, 0.25) is 5.02 Å². The van der Waals surface area contributed by atoms with Crippen molar-refractivity contribution in [2.45, 2.75) is 37.7 Å². The number of ether oxygens (including phenoxy) is 2. The lowest BCUT2D eigenvalue weighted by Gasteiger charge is -2.50. The zero-order valence-corrected chi connectivity index (χ0v) is 18.7. The Kier molecular flexibility index (Phi) is 5.38. The molecule has 2 aromatic rings. The molecular formula is C22H20ClF2N3O6. The molecule has 4 heterocycles. The molecule has 0 aliphatic carbocycles. The molecule has 2 saturated heterocycles. The highest BCUT2D eigenvalue weighted by Crippen LogP contribution is 2.47. The minimum atomic E-state index is -1.12. The number of rotatable bonds is 3. The van der Waals surface area contributed by atoms with Crippen molar-refractivity contribution in [1.29, 1.82) is 0 Å². The molecule has 9 nitrogen and oxygen atoms in total. The van der Waals surface area contributed by atoms with Gasteiger partial charge in [-0.05, 0) is 19.4 Å². The van der Waals surface area contributed by atoms with Gasteiger partial charge >= 0.3 is 0 Å². The van der Waals surface area contributed by atoms with Crippen LogP contribution in [0.5, 0.6) is 5.75 Å². The van der Waals surface area contributed by atoms with Crippen LogP contribution in [0.4, 0.5) is 8.78 Å². The number of carbonyl (C=O) groups excluding carboxylic acids is 2. The highest BCUT2D eigenvalue weighted by Gasteiger charge is 2.60. The summed E-state index contributed by atoms with van der Waals surface area (Å²) in [7, 11) is 0. The zero-order chi connectivity index (χ0) is 24.4. The van der Waals surface area contributed by atoms with Crippen molar-refractivity contribution in [3.63, 3.8) is 0 Å². The molecule has 0 unspecified atom stereocenters. The molecular weight excluding hydrogens is 476 g/mol. The summed E-state index contributed by atoms with van der Waals surface area (Å²) in [4.78, 5) is 40.5. The first-order valence-electron chi connectivity index (χ1n) is 10.6. The maximum atomic E-state index is 14.2. The van der Waals surface area contributed by atoms with E-state index in [1.165, 1.54) is 15.7 Å². The van der Waals surface area contributed by atoms with Crippen LogP contribution in [0.25, 0.3) is 0 Å². The summed E-state index contributed by atoms with van der Waals surface area (Å²) >= 11 is 5.57. The van der Waals surface area contributed by atoms with E-state index >= 15 is 0 Å². The number of halogens is 3. The third-order valence-electron chi connectivity index (χ3n) is 6.55. The maximum Gasteiger partial charge on any atom is 0.277 e. The first-order chi connectivity index (χ1) is 16.2. The highest BCUT2D eigenvalue weighted by atomic mass is 35.5. The van der Waals surface area contributed by atoms with E-state index in [2.05, 4.69) is 5.32 Å². The molecule has 2 amide bonds. The summed E-state index contributed by atoms with van der Waals surface area (Å²) in [5.41, 5.74) is -2.92. The third kappa shape index (κ3) is 3.14. The fourth-order valence-corrected chi connectivity index (χ4v) is 5.12. The summed E-state index contributed by atoms with van der Waals surface area (Å²) in [6, 6.07) is 1.26. The van der Waals surface area contributed by atoms with Crippen LogP contribution in [-0.4, -0.2) is 58.0 Å². The Hall–Kier alpha value is -3.02. The molecule has 1 aromatic heterocycles. The smallest absolute Gasteiger partial charge is 0.277 e. The van der Waals surface area contributed by atoms with Gasteiger partial charge < -0.3 is 24.5 Å². The molecule has 3 atom stereocenters. The average Bonchev–Trinajstić information content (AvgIpc) is 3.15. The molecule has 3 aliphatic heterocycles. The number of benzene rings is 1.